The van der Waals surface area contributed by atoms with Gasteiger partial charge in [0.2, 0.25) is 0 Å². The fraction of sp³-hybridized carbons (Fsp3) is 0.622. The van der Waals surface area contributed by atoms with E-state index in [0.29, 0.717) is 150 Å². The monoisotopic (exact) mass is 2140 g/mol. The molecule has 0 saturated carbocycles. The number of methoxy groups -OCH3 is 12. The molecule has 6 aromatic carbocycles. The molecule has 0 fully saturated rings. The van der Waals surface area contributed by atoms with E-state index in [9.17, 15) is 0 Å². The Labute approximate surface area is 944 Å². The molecule has 0 heterocycles. The van der Waals surface area contributed by atoms with Gasteiger partial charge in [0.1, 0.15) is 0 Å². The summed E-state index contributed by atoms with van der Waals surface area (Å²) in [6, 6.07) is 39.5. The molecule has 0 spiro atoms. The molecule has 0 aliphatic rings. The normalized spacial score (nSPS) is 10.8. The zero-order valence-electron chi connectivity index (χ0n) is 95.8. The third-order valence-electron chi connectivity index (χ3n) is 20.3. The van der Waals surface area contributed by atoms with Crippen molar-refractivity contribution in [2.24, 2.45) is 0 Å². The van der Waals surface area contributed by atoms with E-state index in [1.54, 1.807) is 85.3 Å². The first kappa shape index (κ1) is 160. The Morgan fingerprint density at radius 3 is 0.297 bits per heavy atom. The number of para-hydroxylation sites is 6. The molecule has 0 saturated heterocycles. The van der Waals surface area contributed by atoms with Crippen molar-refractivity contribution in [2.45, 2.75) is 279 Å². The Morgan fingerprint density at radius 1 is 0.181 bits per heavy atom. The van der Waals surface area contributed by atoms with Crippen LogP contribution in [0.3, 0.4) is 0 Å². The number of allylic oxidation sites excluding steroid dienone is 6. The Morgan fingerprint density at radius 2 is 0.246 bits per heavy atom. The van der Waals surface area contributed by atoms with Crippen molar-refractivity contribution < 1.29 is 213 Å². The summed E-state index contributed by atoms with van der Waals surface area (Å²) in [5, 5.41) is 55.5. The molecule has 0 radical (unpaired) electrons. The van der Waals surface area contributed by atoms with Crippen LogP contribution in [0.1, 0.15) is 345 Å². The molecule has 0 atom stereocenters. The van der Waals surface area contributed by atoms with E-state index in [1.165, 1.54) is 66.8 Å². The number of ether oxygens (including phenoxy) is 12. The summed E-state index contributed by atoms with van der Waals surface area (Å²) in [4.78, 5) is 0. The van der Waals surface area contributed by atoms with Crippen molar-refractivity contribution in [3.63, 3.8) is 0 Å². The van der Waals surface area contributed by atoms with E-state index < -0.39 is 0 Å². The third-order valence-corrected chi connectivity index (χ3v) is 20.3. The molecule has 0 aliphatic carbocycles. The molecule has 0 amide bonds. The summed E-state index contributed by atoms with van der Waals surface area (Å²) in [6.45, 7) is 74.6. The van der Waals surface area contributed by atoms with Crippen molar-refractivity contribution in [1.29, 1.82) is 0 Å². The van der Waals surface area contributed by atoms with Crippen LogP contribution >= 0.6 is 0 Å². The van der Waals surface area contributed by atoms with Gasteiger partial charge in [-0.25, -0.2) is 0 Å². The van der Waals surface area contributed by atoms with Crippen LogP contribution in [0.2, 0.25) is 0 Å². The molecule has 770 valence electrons. The predicted molar refractivity (Wildman–Crippen MR) is 562 cm³/mol. The van der Waals surface area contributed by atoms with E-state index in [2.05, 4.69) is 374 Å². The summed E-state index contributed by atoms with van der Waals surface area (Å²) < 4.78 is 55.9. The Kier molecular flexibility index (Phi) is 118. The van der Waals surface area contributed by atoms with Crippen molar-refractivity contribution in [3.8, 4) is 0 Å². The average molecular weight is 2140 g/mol. The minimum absolute atomic E-state index is 0. The topological polar surface area (TPSA) is 293 Å². The number of nitrogens with zero attached hydrogens (tertiary/aromatic N) is 6. The van der Waals surface area contributed by atoms with Gasteiger partial charge in [0.25, 0.3) is 0 Å². The first-order valence-corrected chi connectivity index (χ1v) is 46.8. The molecular formula is C111H189Li2N6O16Y3. The van der Waals surface area contributed by atoms with Crippen LogP contribution in [0.4, 0.5) is 34.1 Å². The maximum absolute atomic E-state index is 8.25. The Balaban J connectivity index is -0.000000140. The van der Waals surface area contributed by atoms with Crippen molar-refractivity contribution in [1.82, 2.24) is 0 Å². The molecule has 0 N–H and O–H groups in total. The van der Waals surface area contributed by atoms with Crippen molar-refractivity contribution >= 4 is 34.1 Å². The minimum atomic E-state index is 0. The van der Waals surface area contributed by atoms with Crippen LogP contribution in [0.15, 0.2) is 143 Å². The number of rotatable bonds is 42. The number of hydrogen-bond donors (Lipinski definition) is 0. The van der Waals surface area contributed by atoms with Crippen LogP contribution in [0.25, 0.3) is 31.9 Å². The van der Waals surface area contributed by atoms with Crippen LogP contribution < -0.4 is 53.0 Å². The predicted octanol–water partition coefficient (Wildman–Crippen LogP) is 22.9. The van der Waals surface area contributed by atoms with Crippen molar-refractivity contribution in [3.05, 3.63) is 242 Å². The molecular weight excluding hydrogens is 1950 g/mol. The summed E-state index contributed by atoms with van der Waals surface area (Å²) >= 11 is 0. The second kappa shape index (κ2) is 101. The Bertz CT molecular complexity index is 3100. The van der Waals surface area contributed by atoms with Gasteiger partial charge in [-0.2, -0.15) is 55.5 Å². The van der Waals surface area contributed by atoms with Crippen LogP contribution in [-0.4, -0.2) is 186 Å². The van der Waals surface area contributed by atoms with Crippen LogP contribution in [-0.2, 0) is 160 Å². The van der Waals surface area contributed by atoms with Gasteiger partial charge in [-0.05, 0) is 71.0 Å². The zero-order valence-corrected chi connectivity index (χ0v) is 104. The fourth-order valence-electron chi connectivity index (χ4n) is 12.3. The van der Waals surface area contributed by atoms with Gasteiger partial charge in [-0.1, -0.05) is 384 Å². The second-order valence-electron chi connectivity index (χ2n) is 34.7. The molecule has 0 aliphatic heterocycles. The van der Waals surface area contributed by atoms with E-state index in [-0.39, 0.29) is 141 Å². The van der Waals surface area contributed by atoms with Gasteiger partial charge in [-0.15, -0.1) is 34.1 Å². The van der Waals surface area contributed by atoms with Gasteiger partial charge >= 0.3 is 136 Å². The zero-order chi connectivity index (χ0) is 103. The van der Waals surface area contributed by atoms with E-state index in [0.717, 1.165) is 89.6 Å². The largest absolute Gasteiger partial charge is 3.00 e. The van der Waals surface area contributed by atoms with Gasteiger partial charge in [0.15, 0.2) is 0 Å². The Hall–Kier alpha value is -2.79. The van der Waals surface area contributed by atoms with E-state index >= 15 is 0 Å². The number of benzene rings is 6. The molecule has 0 unspecified atom stereocenters. The van der Waals surface area contributed by atoms with Crippen LogP contribution in [0, 0.1) is 0 Å². The fourth-order valence-corrected chi connectivity index (χ4v) is 12.3. The maximum Gasteiger partial charge on any atom is 3.00 e. The smallest absolute Gasteiger partial charge is 2.00 e. The second-order valence-corrected chi connectivity index (χ2v) is 34.7. The van der Waals surface area contributed by atoms with Gasteiger partial charge in [0, 0.05) is 85.3 Å². The average Bonchev–Trinajstić information content (AvgIpc) is 0.814. The third kappa shape index (κ3) is 69.4. The van der Waals surface area contributed by atoms with Gasteiger partial charge in [0.05, 0.1) is 79.3 Å². The van der Waals surface area contributed by atoms with Crippen molar-refractivity contribution in [2.75, 3.05) is 186 Å². The SMILES string of the molecule is C/C([N-]c1c(C(C)C)cccc1C(C)C)=C(\C)[N-]c1c(C(C)C)cccc1C(C)C.C/C([N-]c1c(C(C)C)cccc1C(C)C)=C(\C)[N-]c1c(C(C)C)cccc1C(C)C.C/C([N-]c1c(C(C)C)cccc1C(C)C)=C(\C)[N-]c1c(C(C)C)cccc1C(C)C.COCCOC.COCCOC.COCCOC.COCCOC.COCCOC.COCCOC.C[O-].C[O-].C[O-].[Li+].[Li+].[O-2].[Y+3].[Y+3].[Y+3]. The summed E-state index contributed by atoms with van der Waals surface area (Å²) in [5.41, 5.74) is 28.3. The van der Waals surface area contributed by atoms with Gasteiger partial charge in [-0.3, -0.25) is 0 Å². The number of hydrogen-bond acceptors (Lipinski definition) is 15. The molecule has 27 heteroatoms. The van der Waals surface area contributed by atoms with E-state index in [4.69, 9.17) is 47.2 Å². The maximum atomic E-state index is 8.25. The first-order chi connectivity index (χ1) is 62.6. The summed E-state index contributed by atoms with van der Waals surface area (Å²) in [7, 11) is 22.1. The summed E-state index contributed by atoms with van der Waals surface area (Å²) in [6.07, 6.45) is 0. The molecule has 6 aromatic rings. The molecule has 0 aromatic heterocycles. The van der Waals surface area contributed by atoms with E-state index in [1.807, 2.05) is 0 Å². The molecule has 6 rings (SSSR count). The molecule has 22 nitrogen and oxygen atoms in total. The minimum Gasteiger partial charge on any atom is -2.00 e. The van der Waals surface area contributed by atoms with Gasteiger partial charge < -0.3 is 110 Å². The first-order valence-electron chi connectivity index (χ1n) is 46.8. The summed E-state index contributed by atoms with van der Waals surface area (Å²) in [5.74, 6) is 5.19. The molecule has 0 bridgehead atoms. The molecule has 138 heavy (non-hydrogen) atoms. The van der Waals surface area contributed by atoms with Crippen LogP contribution in [0.5, 0.6) is 0 Å². The standard InChI is InChI=1S/3C28H40N2.6C4H10O2.3CH3O.2Li.O.3Y/c3*1-17(2)23-13-11-14-24(18(3)4)27(23)29-21(9)22(10)30-28-25(19(5)6)15-12-16-26(28)20(7)8;6*1-5-3-4-6-2;3*1-2;;;;;;/h3*11-20H,1-10H3;6*3-4H2,1-2H3;3*1H3;;;;;;/q3*-2;;;;;;;3*-1;2*+1;-2;3*+3/b3*22-21-;;;;;;;;;;;;;;;. The quantitative estimate of drug-likeness (QED) is 0.0254.